The van der Waals surface area contributed by atoms with E-state index in [1.54, 1.807) is 13.1 Å². The Morgan fingerprint density at radius 3 is 2.08 bits per heavy atom. The molecule has 0 aromatic heterocycles. The van der Waals surface area contributed by atoms with Gasteiger partial charge in [-0.05, 0) is 51.6 Å². The van der Waals surface area contributed by atoms with Crippen molar-refractivity contribution in [1.29, 1.82) is 0 Å². The summed E-state index contributed by atoms with van der Waals surface area (Å²) in [6, 6.07) is 5.29. The van der Waals surface area contributed by atoms with Crippen molar-refractivity contribution in [1.82, 2.24) is 15.1 Å². The van der Waals surface area contributed by atoms with E-state index in [1.165, 1.54) is 4.90 Å². The predicted octanol–water partition coefficient (Wildman–Crippen LogP) is 2.80. The van der Waals surface area contributed by atoms with Gasteiger partial charge in [0.15, 0.2) is 0 Å². The Morgan fingerprint density at radius 1 is 1.04 bits per heavy atom. The minimum absolute atomic E-state index is 0.0347. The fourth-order valence-electron chi connectivity index (χ4n) is 2.18. The number of nitrogens with one attached hydrogen (secondary N) is 1. The summed E-state index contributed by atoms with van der Waals surface area (Å²) >= 11 is 12.0. The van der Waals surface area contributed by atoms with Gasteiger partial charge < -0.3 is 10.2 Å². The average molecular weight is 374 g/mol. The predicted molar refractivity (Wildman–Crippen MR) is 98.3 cm³/mol. The Bertz CT molecular complexity index is 580. The maximum atomic E-state index is 12.2. The van der Waals surface area contributed by atoms with Crippen LogP contribution in [-0.2, 0) is 16.1 Å². The van der Waals surface area contributed by atoms with E-state index in [2.05, 4.69) is 5.32 Å². The van der Waals surface area contributed by atoms with Crippen LogP contribution in [0.25, 0.3) is 0 Å². The van der Waals surface area contributed by atoms with E-state index < -0.39 is 0 Å². The third-order valence-electron chi connectivity index (χ3n) is 3.10. The van der Waals surface area contributed by atoms with Gasteiger partial charge in [0.2, 0.25) is 11.8 Å². The summed E-state index contributed by atoms with van der Waals surface area (Å²) in [5.41, 5.74) is 0.611. The summed E-state index contributed by atoms with van der Waals surface area (Å²) < 4.78 is 0. The van der Waals surface area contributed by atoms with Crippen molar-refractivity contribution < 1.29 is 9.59 Å². The van der Waals surface area contributed by atoms with Crippen molar-refractivity contribution in [3.63, 3.8) is 0 Å². The normalized spacial score (nSPS) is 11.5. The number of hydrogen-bond acceptors (Lipinski definition) is 3. The Kier molecular flexibility index (Phi) is 7.52. The van der Waals surface area contributed by atoms with Crippen molar-refractivity contribution in [2.75, 3.05) is 27.2 Å². The number of carbonyl (C=O) groups is 2. The van der Waals surface area contributed by atoms with Gasteiger partial charge in [-0.2, -0.15) is 0 Å². The summed E-state index contributed by atoms with van der Waals surface area (Å²) in [5.74, 6) is -0.308. The van der Waals surface area contributed by atoms with Gasteiger partial charge in [-0.25, -0.2) is 0 Å². The van der Waals surface area contributed by atoms with Gasteiger partial charge in [0.1, 0.15) is 0 Å². The number of halogens is 2. The molecule has 5 nitrogen and oxygen atoms in total. The molecule has 1 aromatic rings. The number of nitrogens with zero attached hydrogens (tertiary/aromatic N) is 2. The van der Waals surface area contributed by atoms with E-state index in [9.17, 15) is 9.59 Å². The molecule has 0 saturated heterocycles. The van der Waals surface area contributed by atoms with Gasteiger partial charge in [0.05, 0.1) is 13.1 Å². The molecule has 24 heavy (non-hydrogen) atoms. The molecule has 0 spiro atoms. The molecule has 0 bridgehead atoms. The fourth-order valence-corrected chi connectivity index (χ4v) is 2.75. The van der Waals surface area contributed by atoms with E-state index >= 15 is 0 Å². The van der Waals surface area contributed by atoms with Gasteiger partial charge in [0, 0.05) is 29.2 Å². The molecule has 2 amide bonds. The maximum Gasteiger partial charge on any atom is 0.240 e. The van der Waals surface area contributed by atoms with Crippen LogP contribution in [0.15, 0.2) is 18.2 Å². The van der Waals surface area contributed by atoms with Crippen molar-refractivity contribution in [2.45, 2.75) is 32.9 Å². The Balaban J connectivity index is 2.52. The molecule has 0 aliphatic heterocycles. The lowest BCUT2D eigenvalue weighted by Gasteiger charge is -2.25. The molecule has 134 valence electrons. The first-order valence-corrected chi connectivity index (χ1v) is 8.40. The zero-order chi connectivity index (χ0) is 18.5. The topological polar surface area (TPSA) is 52.7 Å². The summed E-state index contributed by atoms with van der Waals surface area (Å²) in [5, 5.41) is 3.96. The van der Waals surface area contributed by atoms with Crippen LogP contribution in [0.4, 0.5) is 0 Å². The zero-order valence-electron chi connectivity index (χ0n) is 14.8. The van der Waals surface area contributed by atoms with Gasteiger partial charge in [0.25, 0.3) is 0 Å². The molecule has 7 heteroatoms. The molecule has 0 fully saturated rings. The molecular formula is C17H25Cl2N3O2. The monoisotopic (exact) mass is 373 g/mol. The number of rotatable bonds is 6. The smallest absolute Gasteiger partial charge is 0.240 e. The molecule has 1 aromatic carbocycles. The van der Waals surface area contributed by atoms with Crippen molar-refractivity contribution in [3.8, 4) is 0 Å². The fraction of sp³-hybridized carbons (Fsp3) is 0.529. The second-order valence-corrected chi connectivity index (χ2v) is 7.87. The third kappa shape index (κ3) is 7.99. The van der Waals surface area contributed by atoms with Crippen LogP contribution >= 0.6 is 23.2 Å². The van der Waals surface area contributed by atoms with Crippen LogP contribution in [0.3, 0.4) is 0 Å². The van der Waals surface area contributed by atoms with Gasteiger partial charge in [-0.1, -0.05) is 23.2 Å². The van der Waals surface area contributed by atoms with Crippen LogP contribution in [0.2, 0.25) is 10.0 Å². The van der Waals surface area contributed by atoms with E-state index in [0.29, 0.717) is 16.6 Å². The van der Waals surface area contributed by atoms with Gasteiger partial charge in [-0.3, -0.25) is 14.5 Å². The maximum absolute atomic E-state index is 12.2. The SMILES string of the molecule is CN(CC(=O)N(C)CC(=O)NC(C)(C)C)Cc1cc(Cl)cc(Cl)c1. The van der Waals surface area contributed by atoms with E-state index in [4.69, 9.17) is 23.2 Å². The number of carbonyl (C=O) groups excluding carboxylic acids is 2. The lowest BCUT2D eigenvalue weighted by Crippen LogP contribution is -2.47. The number of likely N-dealkylation sites (N-methyl/N-ethyl adjacent to an activating group) is 2. The standard InChI is InChI=1S/C17H25Cl2N3O2/c1-17(2,3)20-15(23)10-22(5)16(24)11-21(4)9-12-6-13(18)8-14(19)7-12/h6-8H,9-11H2,1-5H3,(H,20,23). The second kappa shape index (κ2) is 8.70. The molecule has 0 radical (unpaired) electrons. The van der Waals surface area contributed by atoms with Crippen LogP contribution in [0, 0.1) is 0 Å². The van der Waals surface area contributed by atoms with Gasteiger partial charge >= 0.3 is 0 Å². The van der Waals surface area contributed by atoms with E-state index in [0.717, 1.165) is 5.56 Å². The summed E-state index contributed by atoms with van der Waals surface area (Å²) in [6.45, 7) is 6.47. The number of hydrogen-bond donors (Lipinski definition) is 1. The Hall–Kier alpha value is -1.30. The molecule has 0 aliphatic carbocycles. The molecule has 1 rings (SSSR count). The first-order valence-electron chi connectivity index (χ1n) is 7.65. The molecular weight excluding hydrogens is 349 g/mol. The Morgan fingerprint density at radius 2 is 1.58 bits per heavy atom. The summed E-state index contributed by atoms with van der Waals surface area (Å²) in [4.78, 5) is 27.4. The average Bonchev–Trinajstić information content (AvgIpc) is 2.34. The lowest BCUT2D eigenvalue weighted by atomic mass is 10.1. The van der Waals surface area contributed by atoms with Crippen LogP contribution < -0.4 is 5.32 Å². The van der Waals surface area contributed by atoms with Gasteiger partial charge in [-0.15, -0.1) is 0 Å². The Labute approximate surface area is 153 Å². The largest absolute Gasteiger partial charge is 0.350 e. The molecule has 0 heterocycles. The summed E-state index contributed by atoms with van der Waals surface area (Å²) in [6.07, 6.45) is 0. The highest BCUT2D eigenvalue weighted by molar-refractivity contribution is 6.34. The quantitative estimate of drug-likeness (QED) is 0.833. The van der Waals surface area contributed by atoms with Crippen molar-refractivity contribution in [2.24, 2.45) is 0 Å². The highest BCUT2D eigenvalue weighted by atomic mass is 35.5. The van der Waals surface area contributed by atoms with Crippen molar-refractivity contribution >= 4 is 35.0 Å². The zero-order valence-corrected chi connectivity index (χ0v) is 16.3. The van der Waals surface area contributed by atoms with Crippen LogP contribution in [-0.4, -0.2) is 54.3 Å². The highest BCUT2D eigenvalue weighted by Crippen LogP contribution is 2.19. The van der Waals surface area contributed by atoms with Crippen LogP contribution in [0.5, 0.6) is 0 Å². The first-order chi connectivity index (χ1) is 11.0. The van der Waals surface area contributed by atoms with Crippen molar-refractivity contribution in [3.05, 3.63) is 33.8 Å². The van der Waals surface area contributed by atoms with Crippen LogP contribution in [0.1, 0.15) is 26.3 Å². The summed E-state index contributed by atoms with van der Waals surface area (Å²) in [7, 11) is 3.45. The molecule has 1 N–H and O–H groups in total. The lowest BCUT2D eigenvalue weighted by molar-refractivity contribution is -0.136. The third-order valence-corrected chi connectivity index (χ3v) is 3.54. The first kappa shape index (κ1) is 20.7. The molecule has 0 unspecified atom stereocenters. The molecule has 0 saturated carbocycles. The number of amides is 2. The minimum atomic E-state index is -0.316. The van der Waals surface area contributed by atoms with E-state index in [1.807, 2.05) is 44.9 Å². The minimum Gasteiger partial charge on any atom is -0.350 e. The molecule has 0 atom stereocenters. The molecule has 0 aliphatic rings. The van der Waals surface area contributed by atoms with E-state index in [-0.39, 0.29) is 30.4 Å². The highest BCUT2D eigenvalue weighted by Gasteiger charge is 2.18. The second-order valence-electron chi connectivity index (χ2n) is 7.00. The number of benzene rings is 1.